The van der Waals surface area contributed by atoms with E-state index in [1.54, 1.807) is 18.0 Å². The van der Waals surface area contributed by atoms with Crippen molar-refractivity contribution < 1.29 is 9.53 Å². The highest BCUT2D eigenvalue weighted by atomic mass is 79.9. The molecule has 0 aliphatic heterocycles. The lowest BCUT2D eigenvalue weighted by Gasteiger charge is -2.05. The molecule has 0 saturated heterocycles. The van der Waals surface area contributed by atoms with Gasteiger partial charge >= 0.3 is 0 Å². The number of nitrogens with one attached hydrogen (secondary N) is 1. The van der Waals surface area contributed by atoms with Crippen LogP contribution in [0.4, 0.5) is 0 Å². The Balaban J connectivity index is 1.45. The van der Waals surface area contributed by atoms with E-state index in [4.69, 9.17) is 4.74 Å². The summed E-state index contributed by atoms with van der Waals surface area (Å²) in [5.74, 6) is 2.47. The topological polar surface area (TPSA) is 50.7 Å². The van der Waals surface area contributed by atoms with Crippen LogP contribution in [-0.4, -0.2) is 17.9 Å². The van der Waals surface area contributed by atoms with Crippen LogP contribution in [0.25, 0.3) is 0 Å². The lowest BCUT2D eigenvalue weighted by molar-refractivity contribution is -0.118. The van der Waals surface area contributed by atoms with Crippen LogP contribution in [-0.2, 0) is 10.5 Å². The molecule has 3 rings (SSSR count). The van der Waals surface area contributed by atoms with Crippen molar-refractivity contribution in [2.45, 2.75) is 5.75 Å². The maximum absolute atomic E-state index is 11.9. The number of carbonyl (C=O) groups excluding carboxylic acids is 1. The first-order valence-electron chi connectivity index (χ1n) is 8.66. The summed E-state index contributed by atoms with van der Waals surface area (Å²) in [6, 6.07) is 25.2. The predicted octanol–water partition coefficient (Wildman–Crippen LogP) is 5.62. The lowest BCUT2D eigenvalue weighted by Crippen LogP contribution is -2.19. The molecule has 0 atom stereocenters. The van der Waals surface area contributed by atoms with Gasteiger partial charge in [0.05, 0.1) is 12.0 Å². The molecule has 6 heteroatoms. The summed E-state index contributed by atoms with van der Waals surface area (Å²) in [4.78, 5) is 11.9. The van der Waals surface area contributed by atoms with Crippen LogP contribution in [0.3, 0.4) is 0 Å². The molecule has 0 unspecified atom stereocenters. The van der Waals surface area contributed by atoms with Crippen LogP contribution < -0.4 is 10.2 Å². The fourth-order valence-electron chi connectivity index (χ4n) is 2.38. The normalized spacial score (nSPS) is 10.8. The lowest BCUT2D eigenvalue weighted by atomic mass is 10.2. The number of benzene rings is 3. The maximum atomic E-state index is 11.9. The van der Waals surface area contributed by atoms with Gasteiger partial charge in [-0.25, -0.2) is 5.43 Å². The smallest absolute Gasteiger partial charge is 0.250 e. The highest BCUT2D eigenvalue weighted by molar-refractivity contribution is 9.10. The molecule has 1 N–H and O–H groups in total. The molecule has 0 radical (unpaired) electrons. The van der Waals surface area contributed by atoms with E-state index in [1.807, 2.05) is 78.9 Å². The van der Waals surface area contributed by atoms with Gasteiger partial charge in [-0.05, 0) is 47.5 Å². The summed E-state index contributed by atoms with van der Waals surface area (Å²) in [6.07, 6.45) is 1.61. The van der Waals surface area contributed by atoms with Crippen molar-refractivity contribution in [2.75, 3.05) is 5.75 Å². The average Bonchev–Trinajstić information content (AvgIpc) is 2.69. The number of ether oxygens (including phenoxy) is 1. The van der Waals surface area contributed by atoms with Crippen molar-refractivity contribution >= 4 is 39.8 Å². The van der Waals surface area contributed by atoms with Gasteiger partial charge in [-0.1, -0.05) is 58.4 Å². The first kappa shape index (κ1) is 20.2. The number of nitrogens with zero attached hydrogens (tertiary/aromatic N) is 1. The van der Waals surface area contributed by atoms with Crippen molar-refractivity contribution in [3.8, 4) is 11.5 Å². The van der Waals surface area contributed by atoms with Crippen LogP contribution >= 0.6 is 27.7 Å². The minimum Gasteiger partial charge on any atom is -0.457 e. The Kier molecular flexibility index (Phi) is 7.70. The van der Waals surface area contributed by atoms with Gasteiger partial charge in [0.15, 0.2) is 0 Å². The zero-order valence-electron chi connectivity index (χ0n) is 15.0. The minimum absolute atomic E-state index is 0.132. The van der Waals surface area contributed by atoms with Crippen molar-refractivity contribution in [3.63, 3.8) is 0 Å². The van der Waals surface area contributed by atoms with E-state index < -0.39 is 0 Å². The third-order valence-electron chi connectivity index (χ3n) is 3.63. The first-order chi connectivity index (χ1) is 13.7. The third kappa shape index (κ3) is 6.87. The Bertz CT molecular complexity index is 948. The Morgan fingerprint density at radius 2 is 1.79 bits per heavy atom. The molecule has 0 aromatic heterocycles. The molecule has 0 aliphatic rings. The Hall–Kier alpha value is -2.57. The summed E-state index contributed by atoms with van der Waals surface area (Å²) in [5, 5.41) is 4.03. The summed E-state index contributed by atoms with van der Waals surface area (Å²) in [5.41, 5.74) is 4.57. The number of carbonyl (C=O) groups is 1. The van der Waals surface area contributed by atoms with Gasteiger partial charge in [0.25, 0.3) is 0 Å². The van der Waals surface area contributed by atoms with Crippen molar-refractivity contribution in [3.05, 3.63) is 94.5 Å². The van der Waals surface area contributed by atoms with Crippen LogP contribution in [0, 0.1) is 0 Å². The number of halogens is 1. The van der Waals surface area contributed by atoms with E-state index in [0.717, 1.165) is 21.5 Å². The molecule has 0 saturated carbocycles. The molecule has 0 aliphatic carbocycles. The number of thioether (sulfide) groups is 1. The van der Waals surface area contributed by atoms with E-state index >= 15 is 0 Å². The van der Waals surface area contributed by atoms with E-state index in [1.165, 1.54) is 5.56 Å². The Labute approximate surface area is 177 Å². The van der Waals surface area contributed by atoms with Crippen molar-refractivity contribution in [1.29, 1.82) is 0 Å². The van der Waals surface area contributed by atoms with Crippen LogP contribution in [0.15, 0.2) is 88.4 Å². The number of rotatable bonds is 8. The summed E-state index contributed by atoms with van der Waals surface area (Å²) in [6.45, 7) is 0. The van der Waals surface area contributed by atoms with Gasteiger partial charge in [0.1, 0.15) is 11.5 Å². The second-order valence-corrected chi connectivity index (χ2v) is 7.80. The molecule has 1 amide bonds. The van der Waals surface area contributed by atoms with Crippen molar-refractivity contribution in [1.82, 2.24) is 5.43 Å². The molecule has 28 heavy (non-hydrogen) atoms. The fourth-order valence-corrected chi connectivity index (χ4v) is 3.60. The molecule has 0 bridgehead atoms. The Morgan fingerprint density at radius 3 is 2.61 bits per heavy atom. The standard InChI is InChI=1S/C22H19BrN2O2S/c23-19-8-4-7-18(12-19)15-28-16-22(26)25-24-14-17-6-5-11-21(13-17)27-20-9-2-1-3-10-20/h1-14H,15-16H2,(H,25,26)/b24-14-. The Morgan fingerprint density at radius 1 is 1.00 bits per heavy atom. The molecule has 4 nitrogen and oxygen atoms in total. The summed E-state index contributed by atoms with van der Waals surface area (Å²) in [7, 11) is 0. The van der Waals surface area contributed by atoms with Gasteiger partial charge < -0.3 is 4.74 Å². The molecular formula is C22H19BrN2O2S. The van der Waals surface area contributed by atoms with Gasteiger partial charge in [-0.2, -0.15) is 5.10 Å². The molecular weight excluding hydrogens is 436 g/mol. The SMILES string of the molecule is O=C(CSCc1cccc(Br)c1)N/N=C\c1cccc(Oc2ccccc2)c1. The average molecular weight is 455 g/mol. The van der Waals surface area contributed by atoms with Gasteiger partial charge in [0.2, 0.25) is 5.91 Å². The van der Waals surface area contributed by atoms with Crippen LogP contribution in [0.5, 0.6) is 11.5 Å². The van der Waals surface area contributed by atoms with E-state index in [-0.39, 0.29) is 5.91 Å². The van der Waals surface area contributed by atoms with Crippen LogP contribution in [0.1, 0.15) is 11.1 Å². The molecule has 0 spiro atoms. The number of hydrogen-bond donors (Lipinski definition) is 1. The molecule has 3 aromatic rings. The van der Waals surface area contributed by atoms with E-state index in [9.17, 15) is 4.79 Å². The van der Waals surface area contributed by atoms with E-state index in [0.29, 0.717) is 11.5 Å². The number of para-hydroxylation sites is 1. The molecule has 3 aromatic carbocycles. The predicted molar refractivity (Wildman–Crippen MR) is 119 cm³/mol. The molecule has 142 valence electrons. The molecule has 0 heterocycles. The van der Waals surface area contributed by atoms with Gasteiger partial charge in [-0.3, -0.25) is 4.79 Å². The number of amides is 1. The zero-order valence-corrected chi connectivity index (χ0v) is 17.4. The van der Waals surface area contributed by atoms with Gasteiger partial charge in [0, 0.05) is 10.2 Å². The second-order valence-electron chi connectivity index (χ2n) is 5.90. The van der Waals surface area contributed by atoms with Crippen molar-refractivity contribution in [2.24, 2.45) is 5.10 Å². The van der Waals surface area contributed by atoms with Gasteiger partial charge in [-0.15, -0.1) is 11.8 Å². The fraction of sp³-hybridized carbons (Fsp3) is 0.0909. The maximum Gasteiger partial charge on any atom is 0.250 e. The third-order valence-corrected chi connectivity index (χ3v) is 5.13. The first-order valence-corrected chi connectivity index (χ1v) is 10.6. The monoisotopic (exact) mass is 454 g/mol. The highest BCUT2D eigenvalue weighted by Gasteiger charge is 2.02. The molecule has 0 fully saturated rings. The second kappa shape index (κ2) is 10.7. The largest absolute Gasteiger partial charge is 0.457 e. The highest BCUT2D eigenvalue weighted by Crippen LogP contribution is 2.21. The number of hydrogen-bond acceptors (Lipinski definition) is 4. The summed E-state index contributed by atoms with van der Waals surface area (Å²) >= 11 is 4.99. The summed E-state index contributed by atoms with van der Waals surface area (Å²) < 4.78 is 6.83. The van der Waals surface area contributed by atoms with Crippen LogP contribution in [0.2, 0.25) is 0 Å². The number of hydrazone groups is 1. The quantitative estimate of drug-likeness (QED) is 0.354. The van der Waals surface area contributed by atoms with E-state index in [2.05, 4.69) is 26.5 Å². The zero-order chi connectivity index (χ0) is 19.6. The minimum atomic E-state index is -0.132.